The first-order chi connectivity index (χ1) is 29.5. The van der Waals surface area contributed by atoms with Crippen molar-refractivity contribution in [2.75, 3.05) is 4.90 Å². The molecule has 1 spiro atoms. The Labute approximate surface area is 351 Å². The first-order valence-corrected chi connectivity index (χ1v) is 21.0. The molecule has 0 aliphatic heterocycles. The van der Waals surface area contributed by atoms with Crippen LogP contribution >= 0.6 is 0 Å². The molecule has 2 aliphatic rings. The highest BCUT2D eigenvalue weighted by atomic mass is 15.1. The van der Waals surface area contributed by atoms with E-state index in [1.807, 2.05) is 0 Å². The minimum atomic E-state index is -0.486. The lowest BCUT2D eigenvalue weighted by Crippen LogP contribution is -2.40. The molecule has 2 heteroatoms. The summed E-state index contributed by atoms with van der Waals surface area (Å²) in [5.41, 5.74) is 19.4. The van der Waals surface area contributed by atoms with Crippen molar-refractivity contribution in [3.8, 4) is 27.9 Å². The number of benzene rings is 9. The van der Waals surface area contributed by atoms with E-state index in [9.17, 15) is 0 Å². The van der Waals surface area contributed by atoms with Gasteiger partial charge in [0.2, 0.25) is 0 Å². The second-order valence-electron chi connectivity index (χ2n) is 16.9. The molecular weight excluding hydrogens is 725 g/mol. The maximum Gasteiger partial charge on any atom is 0.0720 e. The molecule has 0 unspecified atom stereocenters. The zero-order chi connectivity index (χ0) is 40.0. The zero-order valence-electron chi connectivity index (χ0n) is 33.7. The number of rotatable bonds is 5. The fraction of sp³-hybridized carbons (Fsp3) is 0.0690. The van der Waals surface area contributed by atoms with Crippen LogP contribution in [0.1, 0.15) is 47.2 Å². The standard InChI is InChI=1S/C58H42N2/c1-57(2)50-24-12-14-26-52(50)58(53-27-15-13-25-51(53)57)49-23-11-9-21-45(49)46-35-33-44(38-54(46)58)59(42-31-29-40(30-32-42)39-17-5-3-6-18-39)43-34-36-56-48(37-43)47-22-10-16-28-55(47)60(56)41-19-7-4-8-20-41/h3-38H,1-2H3. The van der Waals surface area contributed by atoms with Gasteiger partial charge >= 0.3 is 0 Å². The highest BCUT2D eigenvalue weighted by molar-refractivity contribution is 6.10. The summed E-state index contributed by atoms with van der Waals surface area (Å²) in [7, 11) is 0. The van der Waals surface area contributed by atoms with Crippen molar-refractivity contribution in [2.45, 2.75) is 24.7 Å². The molecule has 2 aliphatic carbocycles. The summed E-state index contributed by atoms with van der Waals surface area (Å²) >= 11 is 0. The summed E-state index contributed by atoms with van der Waals surface area (Å²) in [5, 5.41) is 2.46. The molecular formula is C58H42N2. The van der Waals surface area contributed by atoms with Gasteiger partial charge in [0, 0.05) is 38.9 Å². The van der Waals surface area contributed by atoms with Crippen LogP contribution in [-0.4, -0.2) is 4.57 Å². The van der Waals surface area contributed by atoms with Crippen LogP contribution in [0.5, 0.6) is 0 Å². The largest absolute Gasteiger partial charge is 0.310 e. The second kappa shape index (κ2) is 13.0. The van der Waals surface area contributed by atoms with Gasteiger partial charge in [0.15, 0.2) is 0 Å². The van der Waals surface area contributed by atoms with Gasteiger partial charge < -0.3 is 9.47 Å². The Morgan fingerprint density at radius 2 is 0.850 bits per heavy atom. The third kappa shape index (κ3) is 4.82. The molecule has 0 N–H and O–H groups in total. The molecule has 10 aromatic rings. The number of fused-ring (bicyclic) bond motifs is 12. The lowest BCUT2D eigenvalue weighted by molar-refractivity contribution is 0.563. The summed E-state index contributed by atoms with van der Waals surface area (Å²) in [6.07, 6.45) is 0. The Morgan fingerprint density at radius 1 is 0.350 bits per heavy atom. The fourth-order valence-corrected chi connectivity index (χ4v) is 10.8. The number of nitrogens with zero attached hydrogens (tertiary/aromatic N) is 2. The quantitative estimate of drug-likeness (QED) is 0.169. The van der Waals surface area contributed by atoms with Crippen LogP contribution in [0.2, 0.25) is 0 Å². The summed E-state index contributed by atoms with van der Waals surface area (Å²) in [4.78, 5) is 2.46. The zero-order valence-corrected chi connectivity index (χ0v) is 33.7. The predicted octanol–water partition coefficient (Wildman–Crippen LogP) is 14.9. The molecule has 0 saturated carbocycles. The third-order valence-corrected chi connectivity index (χ3v) is 13.5. The van der Waals surface area contributed by atoms with Crippen molar-refractivity contribution < 1.29 is 0 Å². The van der Waals surface area contributed by atoms with Crippen LogP contribution in [0.4, 0.5) is 17.1 Å². The molecule has 0 atom stereocenters. The van der Waals surface area contributed by atoms with E-state index >= 15 is 0 Å². The normalized spacial score (nSPS) is 14.1. The van der Waals surface area contributed by atoms with E-state index in [0.29, 0.717) is 0 Å². The minimum absolute atomic E-state index is 0.158. The third-order valence-electron chi connectivity index (χ3n) is 13.5. The van der Waals surface area contributed by atoms with Crippen LogP contribution in [0.3, 0.4) is 0 Å². The maximum absolute atomic E-state index is 2.50. The van der Waals surface area contributed by atoms with Crippen LogP contribution in [0.15, 0.2) is 218 Å². The summed E-state index contributed by atoms with van der Waals surface area (Å²) in [6, 6.07) is 81.0. The average Bonchev–Trinajstić information content (AvgIpc) is 3.79. The first-order valence-electron chi connectivity index (χ1n) is 21.0. The van der Waals surface area contributed by atoms with Gasteiger partial charge in [-0.25, -0.2) is 0 Å². The van der Waals surface area contributed by atoms with Crippen molar-refractivity contribution >= 4 is 38.9 Å². The van der Waals surface area contributed by atoms with E-state index in [1.54, 1.807) is 0 Å². The van der Waals surface area contributed by atoms with E-state index < -0.39 is 5.41 Å². The Hall–Kier alpha value is -7.42. The molecule has 0 amide bonds. The molecule has 0 fully saturated rings. The van der Waals surface area contributed by atoms with E-state index in [0.717, 1.165) is 22.7 Å². The number of aromatic nitrogens is 1. The van der Waals surface area contributed by atoms with Crippen molar-refractivity contribution in [2.24, 2.45) is 0 Å². The van der Waals surface area contributed by atoms with Gasteiger partial charge in [0.25, 0.3) is 0 Å². The molecule has 60 heavy (non-hydrogen) atoms. The number of hydrogen-bond donors (Lipinski definition) is 0. The van der Waals surface area contributed by atoms with Crippen molar-refractivity contribution in [1.82, 2.24) is 4.57 Å². The van der Waals surface area contributed by atoms with Crippen LogP contribution in [0.25, 0.3) is 49.7 Å². The fourth-order valence-electron chi connectivity index (χ4n) is 10.8. The van der Waals surface area contributed by atoms with Gasteiger partial charge in [-0.05, 0) is 116 Å². The number of hydrogen-bond acceptors (Lipinski definition) is 1. The van der Waals surface area contributed by atoms with Gasteiger partial charge in [-0.15, -0.1) is 0 Å². The van der Waals surface area contributed by atoms with Crippen LogP contribution in [0, 0.1) is 0 Å². The maximum atomic E-state index is 2.50. The molecule has 1 heterocycles. The minimum Gasteiger partial charge on any atom is -0.310 e. The SMILES string of the molecule is CC1(C)c2ccccc2C2(c3ccccc3-c3ccc(N(c4ccc(-c5ccccc5)cc4)c4ccc5c(c4)c4ccccc4n5-c4ccccc4)cc32)c2ccccc21. The van der Waals surface area contributed by atoms with E-state index in [1.165, 1.54) is 77.4 Å². The predicted molar refractivity (Wildman–Crippen MR) is 250 cm³/mol. The van der Waals surface area contributed by atoms with Gasteiger partial charge in [-0.3, -0.25) is 0 Å². The van der Waals surface area contributed by atoms with Gasteiger partial charge in [0.1, 0.15) is 0 Å². The topological polar surface area (TPSA) is 8.17 Å². The van der Waals surface area contributed by atoms with Gasteiger partial charge in [-0.2, -0.15) is 0 Å². The number of para-hydroxylation sites is 2. The molecule has 0 bridgehead atoms. The summed E-state index contributed by atoms with van der Waals surface area (Å²) < 4.78 is 2.39. The molecule has 284 valence electrons. The van der Waals surface area contributed by atoms with Crippen LogP contribution < -0.4 is 4.90 Å². The Morgan fingerprint density at radius 3 is 1.57 bits per heavy atom. The molecule has 0 saturated heterocycles. The smallest absolute Gasteiger partial charge is 0.0720 e. The highest BCUT2D eigenvalue weighted by Gasteiger charge is 2.53. The Bertz CT molecular complexity index is 3230. The first kappa shape index (κ1) is 34.6. The Kier molecular flexibility index (Phi) is 7.52. The van der Waals surface area contributed by atoms with Gasteiger partial charge in [0.05, 0.1) is 16.4 Å². The molecule has 2 nitrogen and oxygen atoms in total. The van der Waals surface area contributed by atoms with Crippen LogP contribution in [-0.2, 0) is 10.8 Å². The lowest BCUT2D eigenvalue weighted by atomic mass is 9.55. The second-order valence-corrected chi connectivity index (χ2v) is 16.9. The number of anilines is 3. The molecule has 9 aromatic carbocycles. The molecule has 12 rings (SSSR count). The van der Waals surface area contributed by atoms with Crippen molar-refractivity contribution in [3.05, 3.63) is 252 Å². The van der Waals surface area contributed by atoms with E-state index in [-0.39, 0.29) is 5.41 Å². The summed E-state index contributed by atoms with van der Waals surface area (Å²) in [5.74, 6) is 0. The molecule has 0 radical (unpaired) electrons. The van der Waals surface area contributed by atoms with Crippen molar-refractivity contribution in [1.29, 1.82) is 0 Å². The lowest BCUT2D eigenvalue weighted by Gasteiger charge is -2.46. The average molecular weight is 767 g/mol. The Balaban J connectivity index is 1.12. The molecule has 1 aromatic heterocycles. The monoisotopic (exact) mass is 766 g/mol. The van der Waals surface area contributed by atoms with E-state index in [2.05, 4.69) is 242 Å². The highest BCUT2D eigenvalue weighted by Crippen LogP contribution is 2.62. The summed E-state index contributed by atoms with van der Waals surface area (Å²) in [6.45, 7) is 4.78. The van der Waals surface area contributed by atoms with Crippen molar-refractivity contribution in [3.63, 3.8) is 0 Å². The van der Waals surface area contributed by atoms with E-state index in [4.69, 9.17) is 0 Å². The van der Waals surface area contributed by atoms with Gasteiger partial charge in [-0.1, -0.05) is 172 Å².